The van der Waals surface area contributed by atoms with E-state index in [1.807, 2.05) is 24.3 Å². The first-order chi connectivity index (χ1) is 9.74. The van der Waals surface area contributed by atoms with Crippen molar-refractivity contribution in [3.05, 3.63) is 35.4 Å². The van der Waals surface area contributed by atoms with Gasteiger partial charge in [0.15, 0.2) is 6.10 Å². The molecule has 21 heavy (non-hydrogen) atoms. The molecule has 5 heteroatoms. The Morgan fingerprint density at radius 2 is 1.67 bits per heavy atom. The van der Waals surface area contributed by atoms with Crippen LogP contribution in [0.5, 0.6) is 0 Å². The van der Waals surface area contributed by atoms with Crippen molar-refractivity contribution < 1.29 is 17.9 Å². The van der Waals surface area contributed by atoms with E-state index < -0.39 is 12.3 Å². The summed E-state index contributed by atoms with van der Waals surface area (Å²) in [6.07, 6.45) is -5.08. The maximum Gasteiger partial charge on any atom is 0.414 e. The van der Waals surface area contributed by atoms with Crippen molar-refractivity contribution in [3.63, 3.8) is 0 Å². The first-order valence-corrected chi connectivity index (χ1v) is 7.18. The van der Waals surface area contributed by atoms with Gasteiger partial charge in [0.1, 0.15) is 0 Å². The number of alkyl halides is 3. The molecule has 0 radical (unpaired) electrons. The van der Waals surface area contributed by atoms with Gasteiger partial charge in [-0.15, -0.1) is 0 Å². The van der Waals surface area contributed by atoms with Gasteiger partial charge in [-0.25, -0.2) is 0 Å². The normalized spacial score (nSPS) is 15.2. The van der Waals surface area contributed by atoms with Crippen LogP contribution in [0.3, 0.4) is 0 Å². The van der Waals surface area contributed by atoms with Crippen LogP contribution in [0.25, 0.3) is 0 Å². The number of hydrogen-bond donors (Lipinski definition) is 1. The second kappa shape index (κ2) is 7.80. The quantitative estimate of drug-likeness (QED) is 0.818. The average molecular weight is 303 g/mol. The van der Waals surface area contributed by atoms with E-state index in [0.717, 1.165) is 18.9 Å². The van der Waals surface area contributed by atoms with E-state index in [-0.39, 0.29) is 12.6 Å². The average Bonchev–Trinajstić information content (AvgIpc) is 2.39. The van der Waals surface area contributed by atoms with Crippen molar-refractivity contribution >= 4 is 0 Å². The van der Waals surface area contributed by atoms with Crippen molar-refractivity contribution in [1.82, 2.24) is 5.32 Å². The Morgan fingerprint density at radius 3 is 2.10 bits per heavy atom. The molecule has 2 atom stereocenters. The lowest BCUT2D eigenvalue weighted by Gasteiger charge is -2.22. The van der Waals surface area contributed by atoms with Gasteiger partial charge >= 0.3 is 6.18 Å². The topological polar surface area (TPSA) is 21.3 Å². The molecule has 2 unspecified atom stereocenters. The third-order valence-corrected chi connectivity index (χ3v) is 3.35. The number of rotatable bonds is 7. The van der Waals surface area contributed by atoms with E-state index in [4.69, 9.17) is 4.74 Å². The lowest BCUT2D eigenvalue weighted by molar-refractivity contribution is -0.215. The molecule has 0 bridgehead atoms. The number of hydrogen-bond acceptors (Lipinski definition) is 2. The van der Waals surface area contributed by atoms with Gasteiger partial charge in [-0.3, -0.25) is 0 Å². The number of halogens is 3. The predicted molar refractivity (Wildman–Crippen MR) is 78.3 cm³/mol. The van der Waals surface area contributed by atoms with E-state index in [2.05, 4.69) is 19.2 Å². The summed E-state index contributed by atoms with van der Waals surface area (Å²) in [6.45, 7) is 5.31. The SMILES string of the molecule is CNC(COC(C)C(F)(F)F)c1ccc(CC(C)C)cc1. The molecule has 0 aromatic heterocycles. The van der Waals surface area contributed by atoms with Gasteiger partial charge < -0.3 is 10.1 Å². The minimum atomic E-state index is -4.32. The third kappa shape index (κ3) is 6.06. The van der Waals surface area contributed by atoms with Crippen LogP contribution in [0.2, 0.25) is 0 Å². The Kier molecular flexibility index (Phi) is 6.68. The number of ether oxygens (including phenoxy) is 1. The molecular weight excluding hydrogens is 279 g/mol. The molecule has 120 valence electrons. The fourth-order valence-electron chi connectivity index (χ4n) is 2.04. The van der Waals surface area contributed by atoms with Crippen LogP contribution < -0.4 is 5.32 Å². The van der Waals surface area contributed by atoms with E-state index >= 15 is 0 Å². The largest absolute Gasteiger partial charge is 0.414 e. The molecule has 0 saturated carbocycles. The van der Waals surface area contributed by atoms with Crippen LogP contribution >= 0.6 is 0 Å². The molecule has 1 rings (SSSR count). The fraction of sp³-hybridized carbons (Fsp3) is 0.625. The summed E-state index contributed by atoms with van der Waals surface area (Å²) in [6, 6.07) is 7.68. The van der Waals surface area contributed by atoms with Crippen molar-refractivity contribution in [3.8, 4) is 0 Å². The van der Waals surface area contributed by atoms with Crippen molar-refractivity contribution in [2.75, 3.05) is 13.7 Å². The maximum absolute atomic E-state index is 12.4. The highest BCUT2D eigenvalue weighted by atomic mass is 19.4. The van der Waals surface area contributed by atoms with Crippen LogP contribution in [0.1, 0.15) is 37.9 Å². The Bertz CT molecular complexity index is 415. The van der Waals surface area contributed by atoms with E-state index in [1.54, 1.807) is 7.05 Å². The van der Waals surface area contributed by atoms with Crippen LogP contribution in [-0.4, -0.2) is 25.9 Å². The van der Waals surface area contributed by atoms with Gasteiger partial charge in [-0.05, 0) is 37.4 Å². The van der Waals surface area contributed by atoms with Gasteiger partial charge in [0.05, 0.1) is 12.6 Å². The maximum atomic E-state index is 12.4. The van der Waals surface area contributed by atoms with Crippen molar-refractivity contribution in [1.29, 1.82) is 0 Å². The second-order valence-electron chi connectivity index (χ2n) is 5.70. The predicted octanol–water partition coefficient (Wildman–Crippen LogP) is 4.11. The molecule has 0 aliphatic carbocycles. The standard InChI is InChI=1S/C16H24F3NO/c1-11(2)9-13-5-7-14(8-6-13)15(20-4)10-21-12(3)16(17,18)19/h5-8,11-12,15,20H,9-10H2,1-4H3. The summed E-state index contributed by atoms with van der Waals surface area (Å²) in [7, 11) is 1.72. The summed E-state index contributed by atoms with van der Waals surface area (Å²) in [5.41, 5.74) is 2.16. The number of benzene rings is 1. The minimum Gasteiger partial charge on any atom is -0.367 e. The van der Waals surface area contributed by atoms with Gasteiger partial charge in [0.25, 0.3) is 0 Å². The lowest BCUT2D eigenvalue weighted by Crippen LogP contribution is -2.32. The molecule has 0 fully saturated rings. The van der Waals surface area contributed by atoms with Crippen molar-refractivity contribution in [2.45, 2.75) is 45.5 Å². The Morgan fingerprint density at radius 1 is 1.10 bits per heavy atom. The van der Waals surface area contributed by atoms with Crippen LogP contribution in [0.4, 0.5) is 13.2 Å². The monoisotopic (exact) mass is 303 g/mol. The summed E-state index contributed by atoms with van der Waals surface area (Å²) in [5.74, 6) is 0.576. The zero-order valence-electron chi connectivity index (χ0n) is 13.0. The summed E-state index contributed by atoms with van der Waals surface area (Å²) in [4.78, 5) is 0. The molecule has 0 aliphatic rings. The second-order valence-corrected chi connectivity index (χ2v) is 5.70. The number of likely N-dealkylation sites (N-methyl/N-ethyl adjacent to an activating group) is 1. The summed E-state index contributed by atoms with van der Waals surface area (Å²) >= 11 is 0. The van der Waals surface area contributed by atoms with Crippen LogP contribution in [0.15, 0.2) is 24.3 Å². The minimum absolute atomic E-state index is 0.0132. The first kappa shape index (κ1) is 18.0. The zero-order valence-corrected chi connectivity index (χ0v) is 13.0. The molecule has 1 aromatic carbocycles. The molecule has 1 aromatic rings. The zero-order chi connectivity index (χ0) is 16.0. The van der Waals surface area contributed by atoms with Crippen LogP contribution in [0, 0.1) is 5.92 Å². The molecule has 0 aliphatic heterocycles. The molecule has 0 saturated heterocycles. The number of nitrogens with one attached hydrogen (secondary N) is 1. The fourth-order valence-corrected chi connectivity index (χ4v) is 2.04. The Hall–Kier alpha value is -1.07. The highest BCUT2D eigenvalue weighted by Crippen LogP contribution is 2.24. The van der Waals surface area contributed by atoms with E-state index in [1.165, 1.54) is 5.56 Å². The van der Waals surface area contributed by atoms with Gasteiger partial charge in [-0.1, -0.05) is 38.1 Å². The summed E-state index contributed by atoms with van der Waals surface area (Å²) < 4.78 is 42.2. The van der Waals surface area contributed by atoms with Gasteiger partial charge in [-0.2, -0.15) is 13.2 Å². The van der Waals surface area contributed by atoms with E-state index in [9.17, 15) is 13.2 Å². The highest BCUT2D eigenvalue weighted by molar-refractivity contribution is 5.25. The lowest BCUT2D eigenvalue weighted by atomic mass is 9.99. The van der Waals surface area contributed by atoms with Crippen molar-refractivity contribution in [2.24, 2.45) is 5.92 Å². The van der Waals surface area contributed by atoms with E-state index in [0.29, 0.717) is 5.92 Å². The Balaban J connectivity index is 2.63. The molecule has 1 N–H and O–H groups in total. The van der Waals surface area contributed by atoms with Gasteiger partial charge in [0, 0.05) is 0 Å². The molecule has 0 heterocycles. The third-order valence-electron chi connectivity index (χ3n) is 3.35. The summed E-state index contributed by atoms with van der Waals surface area (Å²) in [5, 5.41) is 2.99. The smallest absolute Gasteiger partial charge is 0.367 e. The molecule has 2 nitrogen and oxygen atoms in total. The Labute approximate surface area is 124 Å². The van der Waals surface area contributed by atoms with Crippen LogP contribution in [-0.2, 0) is 11.2 Å². The molecule has 0 amide bonds. The highest BCUT2D eigenvalue weighted by Gasteiger charge is 2.37. The molecule has 0 spiro atoms. The molecular formula is C16H24F3NO. The van der Waals surface area contributed by atoms with Gasteiger partial charge in [0.2, 0.25) is 0 Å². The first-order valence-electron chi connectivity index (χ1n) is 7.18.